The van der Waals surface area contributed by atoms with E-state index in [1.165, 1.54) is 6.26 Å². The second-order valence-corrected chi connectivity index (χ2v) is 8.58. The van der Waals surface area contributed by atoms with Gasteiger partial charge in [0.1, 0.15) is 12.4 Å². The Balaban J connectivity index is 1.70. The van der Waals surface area contributed by atoms with Crippen molar-refractivity contribution >= 4 is 11.8 Å². The van der Waals surface area contributed by atoms with Crippen LogP contribution in [0, 0.1) is 28.6 Å². The van der Waals surface area contributed by atoms with Crippen LogP contribution in [0.3, 0.4) is 0 Å². The van der Waals surface area contributed by atoms with Crippen molar-refractivity contribution in [1.82, 2.24) is 0 Å². The van der Waals surface area contributed by atoms with Gasteiger partial charge in [0.05, 0.1) is 17.7 Å². The molecule has 6 atom stereocenters. The Morgan fingerprint density at radius 2 is 2.12 bits per heavy atom. The summed E-state index contributed by atoms with van der Waals surface area (Å²) in [5, 5.41) is 0. The van der Waals surface area contributed by atoms with E-state index in [2.05, 4.69) is 20.8 Å². The fraction of sp³-hybridized carbons (Fsp3) is 0.700. The molecule has 4 nitrogen and oxygen atoms in total. The van der Waals surface area contributed by atoms with Gasteiger partial charge in [0, 0.05) is 11.8 Å². The number of rotatable bonds is 3. The first-order chi connectivity index (χ1) is 11.4. The molecule has 0 N–H and O–H groups in total. The van der Waals surface area contributed by atoms with Crippen LogP contribution < -0.4 is 0 Å². The molecule has 4 heteroatoms. The maximum atomic E-state index is 12.8. The zero-order valence-electron chi connectivity index (χ0n) is 14.7. The summed E-state index contributed by atoms with van der Waals surface area (Å²) in [4.78, 5) is 25.2. The Bertz CT molecular complexity index is 663. The van der Waals surface area contributed by atoms with Gasteiger partial charge >= 0.3 is 5.97 Å². The van der Waals surface area contributed by atoms with E-state index < -0.39 is 0 Å². The van der Waals surface area contributed by atoms with Gasteiger partial charge in [-0.05, 0) is 42.6 Å². The monoisotopic (exact) mass is 330 g/mol. The lowest BCUT2D eigenvalue weighted by atomic mass is 9.44. The standard InChI is InChI=1S/C20H26O4/c1-12-9-17-20(3)14(18(22)24-17)5-4-6-16(20)19(12,2)10-15(21)13-7-8-23-11-13/h7-8,11-12,14,16-17H,4-6,9-10H2,1-3H3/t12-,14-,16+,17+,19-,20-/m1/s1. The van der Waals surface area contributed by atoms with Gasteiger partial charge in [-0.1, -0.05) is 27.2 Å². The van der Waals surface area contributed by atoms with Crippen molar-refractivity contribution < 1.29 is 18.7 Å². The molecule has 0 unspecified atom stereocenters. The molecule has 2 saturated carbocycles. The summed E-state index contributed by atoms with van der Waals surface area (Å²) in [7, 11) is 0. The van der Waals surface area contributed by atoms with Gasteiger partial charge in [0.2, 0.25) is 0 Å². The van der Waals surface area contributed by atoms with Crippen LogP contribution in [-0.2, 0) is 9.53 Å². The predicted molar refractivity (Wildman–Crippen MR) is 88.4 cm³/mol. The van der Waals surface area contributed by atoms with E-state index in [0.29, 0.717) is 23.8 Å². The van der Waals surface area contributed by atoms with Crippen molar-refractivity contribution in [3.63, 3.8) is 0 Å². The first-order valence-electron chi connectivity index (χ1n) is 9.13. The molecule has 1 aromatic heterocycles. The Kier molecular flexibility index (Phi) is 3.45. The lowest BCUT2D eigenvalue weighted by Gasteiger charge is -2.58. The normalized spacial score (nSPS) is 44.0. The Morgan fingerprint density at radius 3 is 2.83 bits per heavy atom. The lowest BCUT2D eigenvalue weighted by molar-refractivity contribution is -0.148. The molecule has 4 rings (SSSR count). The van der Waals surface area contributed by atoms with Gasteiger partial charge < -0.3 is 9.15 Å². The number of furan rings is 1. The number of carbonyl (C=O) groups excluding carboxylic acids is 2. The Morgan fingerprint density at radius 1 is 1.33 bits per heavy atom. The summed E-state index contributed by atoms with van der Waals surface area (Å²) in [6.07, 6.45) is 7.56. The maximum Gasteiger partial charge on any atom is 0.309 e. The van der Waals surface area contributed by atoms with Gasteiger partial charge in [-0.15, -0.1) is 0 Å². The minimum atomic E-state index is -0.118. The summed E-state index contributed by atoms with van der Waals surface area (Å²) < 4.78 is 10.9. The molecule has 1 aliphatic heterocycles. The molecule has 2 heterocycles. The molecule has 0 bridgehead atoms. The molecule has 3 fully saturated rings. The number of esters is 1. The molecule has 0 amide bonds. The van der Waals surface area contributed by atoms with E-state index in [1.54, 1.807) is 12.3 Å². The van der Waals surface area contributed by atoms with E-state index in [4.69, 9.17) is 9.15 Å². The summed E-state index contributed by atoms with van der Waals surface area (Å²) in [6.45, 7) is 6.72. The van der Waals surface area contributed by atoms with Crippen LogP contribution in [0.2, 0.25) is 0 Å². The smallest absolute Gasteiger partial charge is 0.309 e. The summed E-state index contributed by atoms with van der Waals surface area (Å²) >= 11 is 0. The highest BCUT2D eigenvalue weighted by molar-refractivity contribution is 5.96. The van der Waals surface area contributed by atoms with Gasteiger partial charge in [-0.2, -0.15) is 0 Å². The highest BCUT2D eigenvalue weighted by Gasteiger charge is 2.66. The largest absolute Gasteiger partial charge is 0.472 e. The molecule has 0 radical (unpaired) electrons. The van der Waals surface area contributed by atoms with Crippen molar-refractivity contribution in [2.24, 2.45) is 28.6 Å². The van der Waals surface area contributed by atoms with Crippen LogP contribution in [-0.4, -0.2) is 17.9 Å². The molecule has 24 heavy (non-hydrogen) atoms. The molecule has 2 aliphatic carbocycles. The zero-order chi connectivity index (χ0) is 17.1. The van der Waals surface area contributed by atoms with E-state index in [9.17, 15) is 9.59 Å². The minimum Gasteiger partial charge on any atom is -0.472 e. The SMILES string of the molecule is C[C@@H]1C[C@@H]2OC(=O)[C@H]3CCC[C@@H]([C@]1(C)CC(=O)c1ccoc1)[C@]23C. The topological polar surface area (TPSA) is 56.5 Å². The fourth-order valence-electron chi connectivity index (χ4n) is 6.01. The molecular weight excluding hydrogens is 304 g/mol. The van der Waals surface area contributed by atoms with Crippen LogP contribution in [0.4, 0.5) is 0 Å². The summed E-state index contributed by atoms with van der Waals surface area (Å²) in [5.74, 6) is 0.843. The van der Waals surface area contributed by atoms with Crippen LogP contribution in [0.1, 0.15) is 63.2 Å². The third kappa shape index (κ3) is 1.98. The fourth-order valence-corrected chi connectivity index (χ4v) is 6.01. The third-order valence-electron chi connectivity index (χ3n) is 7.60. The molecule has 1 saturated heterocycles. The second kappa shape index (κ2) is 5.21. The van der Waals surface area contributed by atoms with Crippen LogP contribution in [0.25, 0.3) is 0 Å². The van der Waals surface area contributed by atoms with Crippen molar-refractivity contribution in [2.75, 3.05) is 0 Å². The first kappa shape index (κ1) is 15.9. The number of ether oxygens (including phenoxy) is 1. The average molecular weight is 330 g/mol. The third-order valence-corrected chi connectivity index (χ3v) is 7.60. The highest BCUT2D eigenvalue weighted by Crippen LogP contribution is 2.66. The van der Waals surface area contributed by atoms with Gasteiger partial charge in [0.25, 0.3) is 0 Å². The maximum absolute atomic E-state index is 12.8. The quantitative estimate of drug-likeness (QED) is 0.614. The molecule has 130 valence electrons. The molecule has 3 aliphatic rings. The summed E-state index contributed by atoms with van der Waals surface area (Å²) in [6, 6.07) is 1.75. The van der Waals surface area contributed by atoms with E-state index in [1.807, 2.05) is 0 Å². The van der Waals surface area contributed by atoms with E-state index in [0.717, 1.165) is 25.7 Å². The average Bonchev–Trinajstić information content (AvgIpc) is 3.14. The molecule has 1 aromatic rings. The van der Waals surface area contributed by atoms with Crippen molar-refractivity contribution in [2.45, 2.75) is 59.0 Å². The van der Waals surface area contributed by atoms with Gasteiger partial charge in [0.15, 0.2) is 5.78 Å². The van der Waals surface area contributed by atoms with Crippen molar-refractivity contribution in [1.29, 1.82) is 0 Å². The van der Waals surface area contributed by atoms with Crippen LogP contribution in [0.5, 0.6) is 0 Å². The molecule has 0 aromatic carbocycles. The minimum absolute atomic E-state index is 0.00943. The number of hydrogen-bond donors (Lipinski definition) is 0. The zero-order valence-corrected chi connectivity index (χ0v) is 14.7. The molecule has 0 spiro atoms. The van der Waals surface area contributed by atoms with E-state index >= 15 is 0 Å². The predicted octanol–water partition coefficient (Wildman–Crippen LogP) is 4.25. The Hall–Kier alpha value is -1.58. The lowest BCUT2D eigenvalue weighted by Crippen LogP contribution is -2.57. The van der Waals surface area contributed by atoms with Crippen molar-refractivity contribution in [3.05, 3.63) is 24.2 Å². The number of ketones is 1. The number of Topliss-reactive ketones (excluding diaryl/α,β-unsaturated/α-hetero) is 1. The number of carbonyl (C=O) groups is 2. The van der Waals surface area contributed by atoms with Crippen LogP contribution in [0.15, 0.2) is 23.0 Å². The van der Waals surface area contributed by atoms with E-state index in [-0.39, 0.29) is 34.6 Å². The number of hydrogen-bond acceptors (Lipinski definition) is 4. The summed E-state index contributed by atoms with van der Waals surface area (Å²) in [5.41, 5.74) is 0.432. The van der Waals surface area contributed by atoms with Gasteiger partial charge in [-0.3, -0.25) is 9.59 Å². The van der Waals surface area contributed by atoms with Crippen molar-refractivity contribution in [3.8, 4) is 0 Å². The Labute approximate surface area is 142 Å². The van der Waals surface area contributed by atoms with Gasteiger partial charge in [-0.25, -0.2) is 0 Å². The second-order valence-electron chi connectivity index (χ2n) is 8.58. The molecular formula is C20H26O4. The highest BCUT2D eigenvalue weighted by atomic mass is 16.6. The first-order valence-corrected chi connectivity index (χ1v) is 9.13. The van der Waals surface area contributed by atoms with Crippen LogP contribution >= 0.6 is 0 Å².